The first kappa shape index (κ1) is 26.8. The summed E-state index contributed by atoms with van der Waals surface area (Å²) < 4.78 is 0. The Kier molecular flexibility index (Phi) is 10.2. The molecule has 0 saturated heterocycles. The van der Waals surface area contributed by atoms with E-state index in [9.17, 15) is 9.59 Å². The second-order valence-corrected chi connectivity index (χ2v) is 10.8. The first-order chi connectivity index (χ1) is 15.0. The standard InChI is InChI=1S/C24H29Cl3N2O2S/c1-5-21(23(31)28-24(2,3)4)29(13-17-9-10-19(26)12-20(17)27)22(30)15-32-14-16-7-6-8-18(25)11-16/h6-12,21H,5,13-15H2,1-4H3,(H,28,31)/t21-/m1/s1. The molecule has 0 aliphatic carbocycles. The summed E-state index contributed by atoms with van der Waals surface area (Å²) in [4.78, 5) is 27.9. The SMILES string of the molecule is CC[C@H](C(=O)NC(C)(C)C)N(Cc1ccc(Cl)cc1Cl)C(=O)CSCc1cccc(Cl)c1. The number of carbonyl (C=O) groups excluding carboxylic acids is 2. The van der Waals surface area contributed by atoms with E-state index in [1.54, 1.807) is 23.1 Å². The van der Waals surface area contributed by atoms with Gasteiger partial charge in [-0.1, -0.05) is 59.9 Å². The van der Waals surface area contributed by atoms with Gasteiger partial charge in [0.2, 0.25) is 11.8 Å². The average Bonchev–Trinajstić information content (AvgIpc) is 2.68. The van der Waals surface area contributed by atoms with E-state index in [4.69, 9.17) is 34.8 Å². The molecule has 8 heteroatoms. The van der Waals surface area contributed by atoms with Gasteiger partial charge in [-0.15, -0.1) is 11.8 Å². The molecule has 2 rings (SSSR count). The van der Waals surface area contributed by atoms with Crippen LogP contribution in [0.1, 0.15) is 45.2 Å². The number of thioether (sulfide) groups is 1. The molecule has 0 saturated carbocycles. The minimum Gasteiger partial charge on any atom is -0.350 e. The molecule has 174 valence electrons. The third kappa shape index (κ3) is 8.51. The lowest BCUT2D eigenvalue weighted by Crippen LogP contribution is -2.53. The van der Waals surface area contributed by atoms with Crippen LogP contribution in [0.3, 0.4) is 0 Å². The van der Waals surface area contributed by atoms with Gasteiger partial charge in [0.1, 0.15) is 6.04 Å². The van der Waals surface area contributed by atoms with Crippen LogP contribution in [0.5, 0.6) is 0 Å². The van der Waals surface area contributed by atoms with Crippen molar-refractivity contribution in [2.45, 2.75) is 58.0 Å². The van der Waals surface area contributed by atoms with Crippen LogP contribution in [0.15, 0.2) is 42.5 Å². The minimum atomic E-state index is -0.611. The lowest BCUT2D eigenvalue weighted by Gasteiger charge is -2.33. The minimum absolute atomic E-state index is 0.126. The number of nitrogens with one attached hydrogen (secondary N) is 1. The van der Waals surface area contributed by atoms with Crippen molar-refractivity contribution in [3.63, 3.8) is 0 Å². The summed E-state index contributed by atoms with van der Waals surface area (Å²) >= 11 is 19.9. The molecule has 0 bridgehead atoms. The van der Waals surface area contributed by atoms with Crippen LogP contribution >= 0.6 is 46.6 Å². The Labute approximate surface area is 210 Å². The first-order valence-corrected chi connectivity index (χ1v) is 12.7. The molecular formula is C24H29Cl3N2O2S. The summed E-state index contributed by atoms with van der Waals surface area (Å²) in [5.41, 5.74) is 1.38. The predicted molar refractivity (Wildman–Crippen MR) is 137 cm³/mol. The van der Waals surface area contributed by atoms with Crippen molar-refractivity contribution in [2.24, 2.45) is 0 Å². The number of amides is 2. The molecule has 0 radical (unpaired) electrons. The quantitative estimate of drug-likeness (QED) is 0.409. The van der Waals surface area contributed by atoms with Crippen LogP contribution in [0, 0.1) is 0 Å². The number of rotatable bonds is 9. The second kappa shape index (κ2) is 12.2. The lowest BCUT2D eigenvalue weighted by molar-refractivity contribution is -0.140. The number of hydrogen-bond donors (Lipinski definition) is 1. The number of carbonyl (C=O) groups is 2. The topological polar surface area (TPSA) is 49.4 Å². The molecule has 4 nitrogen and oxygen atoms in total. The highest BCUT2D eigenvalue weighted by Gasteiger charge is 2.30. The molecule has 0 unspecified atom stereocenters. The van der Waals surface area contributed by atoms with Gasteiger partial charge in [0.25, 0.3) is 0 Å². The molecule has 32 heavy (non-hydrogen) atoms. The molecular weight excluding hydrogens is 487 g/mol. The van der Waals surface area contributed by atoms with Gasteiger partial charge in [-0.3, -0.25) is 9.59 Å². The van der Waals surface area contributed by atoms with Gasteiger partial charge in [-0.05, 0) is 62.6 Å². The van der Waals surface area contributed by atoms with Gasteiger partial charge in [0.15, 0.2) is 0 Å². The highest BCUT2D eigenvalue weighted by molar-refractivity contribution is 7.99. The smallest absolute Gasteiger partial charge is 0.243 e. The highest BCUT2D eigenvalue weighted by Crippen LogP contribution is 2.25. The number of nitrogens with zero attached hydrogens (tertiary/aromatic N) is 1. The lowest BCUT2D eigenvalue weighted by atomic mass is 10.1. The maximum Gasteiger partial charge on any atom is 0.243 e. The summed E-state index contributed by atoms with van der Waals surface area (Å²) in [5, 5.41) is 4.65. The van der Waals surface area contributed by atoms with Crippen molar-refractivity contribution in [1.82, 2.24) is 10.2 Å². The van der Waals surface area contributed by atoms with Crippen molar-refractivity contribution in [3.8, 4) is 0 Å². The Morgan fingerprint density at radius 3 is 2.34 bits per heavy atom. The van der Waals surface area contributed by atoms with Gasteiger partial charge in [0, 0.05) is 32.9 Å². The van der Waals surface area contributed by atoms with E-state index in [2.05, 4.69) is 5.32 Å². The Bertz CT molecular complexity index is 947. The van der Waals surface area contributed by atoms with Gasteiger partial charge >= 0.3 is 0 Å². The Morgan fingerprint density at radius 1 is 1.06 bits per heavy atom. The summed E-state index contributed by atoms with van der Waals surface area (Å²) in [6, 6.07) is 12.1. The number of halogens is 3. The van der Waals surface area contributed by atoms with E-state index < -0.39 is 11.6 Å². The second-order valence-electron chi connectivity index (χ2n) is 8.54. The summed E-state index contributed by atoms with van der Waals surface area (Å²) in [6.07, 6.45) is 0.484. The first-order valence-electron chi connectivity index (χ1n) is 10.4. The van der Waals surface area contributed by atoms with Crippen LogP contribution in [0.4, 0.5) is 0 Å². The molecule has 0 fully saturated rings. The van der Waals surface area contributed by atoms with Crippen LogP contribution < -0.4 is 5.32 Å². The third-order valence-corrected chi connectivity index (χ3v) is 6.43. The van der Waals surface area contributed by atoms with E-state index in [1.807, 2.05) is 52.0 Å². The number of hydrogen-bond acceptors (Lipinski definition) is 3. The van der Waals surface area contributed by atoms with E-state index >= 15 is 0 Å². The summed E-state index contributed by atoms with van der Waals surface area (Å²) in [7, 11) is 0. The monoisotopic (exact) mass is 514 g/mol. The van der Waals surface area contributed by atoms with Crippen molar-refractivity contribution in [2.75, 3.05) is 5.75 Å². The summed E-state index contributed by atoms with van der Waals surface area (Å²) in [5.74, 6) is 0.571. The molecule has 1 N–H and O–H groups in total. The molecule has 2 aromatic rings. The van der Waals surface area contributed by atoms with Gasteiger partial charge in [-0.2, -0.15) is 0 Å². The van der Waals surface area contributed by atoms with Crippen LogP contribution in [-0.2, 0) is 21.9 Å². The average molecular weight is 516 g/mol. The van der Waals surface area contributed by atoms with Gasteiger partial charge in [-0.25, -0.2) is 0 Å². The molecule has 2 aromatic carbocycles. The van der Waals surface area contributed by atoms with Crippen LogP contribution in [-0.4, -0.2) is 34.0 Å². The normalized spacial score (nSPS) is 12.3. The Balaban J connectivity index is 2.20. The fraction of sp³-hybridized carbons (Fsp3) is 0.417. The maximum absolute atomic E-state index is 13.3. The molecule has 0 aliphatic heterocycles. The molecule has 0 heterocycles. The third-order valence-electron chi connectivity index (χ3n) is 4.62. The highest BCUT2D eigenvalue weighted by atomic mass is 35.5. The fourth-order valence-corrected chi connectivity index (χ4v) is 4.71. The van der Waals surface area contributed by atoms with Crippen molar-refractivity contribution in [1.29, 1.82) is 0 Å². The zero-order valence-electron chi connectivity index (χ0n) is 18.8. The van der Waals surface area contributed by atoms with E-state index in [0.717, 1.165) is 11.1 Å². The van der Waals surface area contributed by atoms with E-state index in [0.29, 0.717) is 27.2 Å². The molecule has 0 aliphatic rings. The Hall–Kier alpha value is -1.40. The van der Waals surface area contributed by atoms with Crippen molar-refractivity contribution >= 4 is 58.4 Å². The number of benzene rings is 2. The molecule has 0 aromatic heterocycles. The zero-order chi connectivity index (χ0) is 23.9. The van der Waals surface area contributed by atoms with E-state index in [1.165, 1.54) is 11.8 Å². The predicted octanol–water partition coefficient (Wildman–Crippen LogP) is 6.60. The zero-order valence-corrected chi connectivity index (χ0v) is 21.8. The van der Waals surface area contributed by atoms with E-state index in [-0.39, 0.29) is 24.1 Å². The fourth-order valence-electron chi connectivity index (χ4n) is 3.17. The van der Waals surface area contributed by atoms with Gasteiger partial charge < -0.3 is 10.2 Å². The largest absolute Gasteiger partial charge is 0.350 e. The van der Waals surface area contributed by atoms with Gasteiger partial charge in [0.05, 0.1) is 5.75 Å². The van der Waals surface area contributed by atoms with Crippen molar-refractivity contribution in [3.05, 3.63) is 68.7 Å². The summed E-state index contributed by atoms with van der Waals surface area (Å²) in [6.45, 7) is 7.88. The molecule has 0 spiro atoms. The van der Waals surface area contributed by atoms with Crippen molar-refractivity contribution < 1.29 is 9.59 Å². The van der Waals surface area contributed by atoms with Crippen LogP contribution in [0.2, 0.25) is 15.1 Å². The Morgan fingerprint density at radius 2 is 1.75 bits per heavy atom. The molecule has 2 amide bonds. The molecule has 1 atom stereocenters. The van der Waals surface area contributed by atoms with Crippen LogP contribution in [0.25, 0.3) is 0 Å². The maximum atomic E-state index is 13.3.